The molecule has 184 valence electrons. The molecule has 36 heavy (non-hydrogen) atoms. The highest BCUT2D eigenvalue weighted by Crippen LogP contribution is 2.59. The number of nitrogens with zero attached hydrogens (tertiary/aromatic N) is 3. The summed E-state index contributed by atoms with van der Waals surface area (Å²) in [6.45, 7) is 0. The number of rotatable bonds is 6. The number of carbonyl (C=O) groups excluding carboxylic acids is 2. The van der Waals surface area contributed by atoms with Crippen LogP contribution < -0.4 is 0 Å². The van der Waals surface area contributed by atoms with Gasteiger partial charge in [0, 0.05) is 22.9 Å². The lowest BCUT2D eigenvalue weighted by atomic mass is 9.54. The van der Waals surface area contributed by atoms with Crippen molar-refractivity contribution in [3.05, 3.63) is 81.1 Å². The number of methoxy groups -OCH3 is 2. The van der Waals surface area contributed by atoms with E-state index in [0.29, 0.717) is 5.56 Å². The van der Waals surface area contributed by atoms with E-state index in [1.165, 1.54) is 36.0 Å². The molecule has 1 aliphatic carbocycles. The van der Waals surface area contributed by atoms with Gasteiger partial charge in [0.1, 0.15) is 11.7 Å². The zero-order chi connectivity index (χ0) is 26.6. The molecule has 0 radical (unpaired) electrons. The molecule has 0 fully saturated rings. The van der Waals surface area contributed by atoms with Crippen molar-refractivity contribution in [2.45, 2.75) is 16.7 Å². The highest BCUT2D eigenvalue weighted by molar-refractivity contribution is 7.98. The molecule has 0 saturated heterocycles. The first-order valence-corrected chi connectivity index (χ1v) is 11.7. The summed E-state index contributed by atoms with van der Waals surface area (Å²) >= 11 is 1.46. The topological polar surface area (TPSA) is 164 Å². The number of nitro groups is 1. The highest BCUT2D eigenvalue weighted by atomic mass is 32.2. The van der Waals surface area contributed by atoms with Crippen LogP contribution in [-0.2, 0) is 19.1 Å². The Morgan fingerprint density at radius 3 is 2.03 bits per heavy atom. The maximum absolute atomic E-state index is 12.9. The normalized spacial score (nSPS) is 20.5. The van der Waals surface area contributed by atoms with E-state index in [1.807, 2.05) is 18.4 Å². The van der Waals surface area contributed by atoms with Gasteiger partial charge in [0.15, 0.2) is 5.41 Å². The second kappa shape index (κ2) is 10.5. The Balaban J connectivity index is 2.44. The molecule has 2 aromatic rings. The van der Waals surface area contributed by atoms with Gasteiger partial charge in [-0.2, -0.15) is 10.5 Å². The predicted molar refractivity (Wildman–Crippen MR) is 128 cm³/mol. The van der Waals surface area contributed by atoms with Crippen molar-refractivity contribution in [1.82, 2.24) is 0 Å². The Kier molecular flexibility index (Phi) is 7.66. The fourth-order valence-corrected chi connectivity index (χ4v) is 5.04. The van der Waals surface area contributed by atoms with Gasteiger partial charge >= 0.3 is 11.9 Å². The molecule has 3 rings (SSSR count). The number of thioether (sulfide) groups is 1. The average molecular weight is 508 g/mol. The van der Waals surface area contributed by atoms with Gasteiger partial charge in [-0.15, -0.1) is 11.8 Å². The first-order valence-electron chi connectivity index (χ1n) is 10.5. The molecule has 0 amide bonds. The molecule has 0 spiro atoms. The molecular weight excluding hydrogens is 486 g/mol. The number of non-ortho nitro benzene ring substituents is 1. The number of hydrogen-bond donors (Lipinski definition) is 1. The zero-order valence-corrected chi connectivity index (χ0v) is 20.3. The molecule has 11 heteroatoms. The van der Waals surface area contributed by atoms with Crippen LogP contribution in [0, 0.1) is 44.1 Å². The summed E-state index contributed by atoms with van der Waals surface area (Å²) in [5.41, 5.74) is -2.22. The van der Waals surface area contributed by atoms with Gasteiger partial charge in [-0.25, -0.2) is 4.79 Å². The van der Waals surface area contributed by atoms with E-state index in [2.05, 4.69) is 0 Å². The summed E-state index contributed by atoms with van der Waals surface area (Å²) in [4.78, 5) is 37.3. The van der Waals surface area contributed by atoms with Gasteiger partial charge in [0.2, 0.25) is 0 Å². The zero-order valence-electron chi connectivity index (χ0n) is 19.5. The molecule has 0 saturated carbocycles. The fourth-order valence-electron chi connectivity index (χ4n) is 4.63. The second-order valence-electron chi connectivity index (χ2n) is 7.92. The fraction of sp³-hybridized carbons (Fsp3) is 0.280. The van der Waals surface area contributed by atoms with E-state index >= 15 is 0 Å². The van der Waals surface area contributed by atoms with Crippen LogP contribution >= 0.6 is 11.8 Å². The van der Waals surface area contributed by atoms with Crippen LogP contribution in [0.3, 0.4) is 0 Å². The van der Waals surface area contributed by atoms with Crippen LogP contribution in [0.1, 0.15) is 23.0 Å². The van der Waals surface area contributed by atoms with Gasteiger partial charge in [0.25, 0.3) is 5.69 Å². The first kappa shape index (κ1) is 26.3. The monoisotopic (exact) mass is 507 g/mol. The lowest BCUT2D eigenvalue weighted by molar-refractivity contribution is -0.384. The van der Waals surface area contributed by atoms with Crippen molar-refractivity contribution in [1.29, 1.82) is 10.5 Å². The average Bonchev–Trinajstić information content (AvgIpc) is 2.91. The van der Waals surface area contributed by atoms with E-state index < -0.39 is 51.4 Å². The summed E-state index contributed by atoms with van der Waals surface area (Å²) in [5.74, 6) is -7.01. The van der Waals surface area contributed by atoms with Crippen LogP contribution in [0.5, 0.6) is 0 Å². The number of aliphatic hydroxyl groups excluding tert-OH is 1. The number of ether oxygens (including phenoxy) is 2. The Hall–Kier alpha value is -4.35. The number of benzene rings is 2. The molecule has 0 bridgehead atoms. The lowest BCUT2D eigenvalue weighted by Crippen LogP contribution is -2.47. The van der Waals surface area contributed by atoms with E-state index in [0.717, 1.165) is 19.1 Å². The lowest BCUT2D eigenvalue weighted by Gasteiger charge is -2.44. The number of esters is 2. The molecule has 3 unspecified atom stereocenters. The summed E-state index contributed by atoms with van der Waals surface area (Å²) in [5, 5.41) is 43.4. The molecule has 10 nitrogen and oxygen atoms in total. The third-order valence-electron chi connectivity index (χ3n) is 6.28. The number of aliphatic hydroxyl groups is 1. The number of nitro benzene ring substituents is 1. The minimum absolute atomic E-state index is 0.195. The third kappa shape index (κ3) is 4.25. The Morgan fingerprint density at radius 1 is 1.03 bits per heavy atom. The summed E-state index contributed by atoms with van der Waals surface area (Å²) in [6.07, 6.45) is 1.86. The van der Waals surface area contributed by atoms with E-state index in [9.17, 15) is 35.3 Å². The second-order valence-corrected chi connectivity index (χ2v) is 8.80. The minimum Gasteiger partial charge on any atom is -0.511 e. The molecule has 0 aromatic heterocycles. The van der Waals surface area contributed by atoms with Crippen molar-refractivity contribution in [3.63, 3.8) is 0 Å². The van der Waals surface area contributed by atoms with Crippen molar-refractivity contribution in [2.24, 2.45) is 11.3 Å². The predicted octanol–water partition coefficient (Wildman–Crippen LogP) is 4.01. The molecular formula is C25H21N3O7S. The van der Waals surface area contributed by atoms with Crippen LogP contribution in [0.4, 0.5) is 5.69 Å². The molecule has 1 aliphatic rings. The highest BCUT2D eigenvalue weighted by Gasteiger charge is 2.61. The van der Waals surface area contributed by atoms with Gasteiger partial charge in [0.05, 0.1) is 42.8 Å². The number of nitriles is 2. The van der Waals surface area contributed by atoms with Crippen LogP contribution in [0.15, 0.2) is 64.8 Å². The quantitative estimate of drug-likeness (QED) is 0.261. The van der Waals surface area contributed by atoms with Crippen molar-refractivity contribution in [2.75, 3.05) is 20.5 Å². The molecule has 2 aromatic carbocycles. The SMILES string of the molecule is COC(=O)C1=C(O)C(C(=O)OC)C(c2ccc([N+](=O)[O-])cc2)C(C#N)(C#N)C1c1ccc(SC)cc1. The van der Waals surface area contributed by atoms with Gasteiger partial charge in [-0.1, -0.05) is 24.3 Å². The maximum atomic E-state index is 12.9. The number of hydrogen-bond acceptors (Lipinski definition) is 10. The van der Waals surface area contributed by atoms with Crippen LogP contribution in [-0.4, -0.2) is 42.4 Å². The minimum atomic E-state index is -2.12. The van der Waals surface area contributed by atoms with E-state index in [1.54, 1.807) is 24.3 Å². The Labute approximate surface area is 210 Å². The largest absolute Gasteiger partial charge is 0.511 e. The molecule has 3 atom stereocenters. The summed E-state index contributed by atoms with van der Waals surface area (Å²) < 4.78 is 9.75. The molecule has 0 aliphatic heterocycles. The van der Waals surface area contributed by atoms with Gasteiger partial charge < -0.3 is 14.6 Å². The van der Waals surface area contributed by atoms with E-state index in [-0.39, 0.29) is 11.3 Å². The van der Waals surface area contributed by atoms with Crippen molar-refractivity contribution in [3.8, 4) is 12.1 Å². The smallest absolute Gasteiger partial charge is 0.337 e. The molecule has 1 N–H and O–H groups in total. The van der Waals surface area contributed by atoms with Crippen molar-refractivity contribution < 1.29 is 29.1 Å². The van der Waals surface area contributed by atoms with E-state index in [4.69, 9.17) is 9.47 Å². The Bertz CT molecular complexity index is 1290. The van der Waals surface area contributed by atoms with Crippen molar-refractivity contribution >= 4 is 29.4 Å². The summed E-state index contributed by atoms with van der Waals surface area (Å²) in [7, 11) is 2.14. The number of carbonyl (C=O) groups is 2. The first-order chi connectivity index (χ1) is 17.2. The van der Waals surface area contributed by atoms with Crippen LogP contribution in [0.25, 0.3) is 0 Å². The third-order valence-corrected chi connectivity index (χ3v) is 7.02. The van der Waals surface area contributed by atoms with Crippen LogP contribution in [0.2, 0.25) is 0 Å². The maximum Gasteiger partial charge on any atom is 0.337 e. The van der Waals surface area contributed by atoms with Gasteiger partial charge in [-0.3, -0.25) is 14.9 Å². The molecule has 0 heterocycles. The Morgan fingerprint density at radius 2 is 1.58 bits per heavy atom. The van der Waals surface area contributed by atoms with Gasteiger partial charge in [-0.05, 0) is 29.5 Å². The standard InChI is InChI=1S/C25H21N3O7S/c1-34-23(30)18-20(14-4-8-16(9-5-14)28(32)33)25(12-26,13-27)21(19(22(18)29)24(31)35-2)15-6-10-17(36-3)11-7-15/h4-11,18,20-21,29H,1-3H3. The summed E-state index contributed by atoms with van der Waals surface area (Å²) in [6, 6.07) is 15.7.